The Balaban J connectivity index is 3.54. The lowest BCUT2D eigenvalue weighted by atomic mass is 9.89. The van der Waals surface area contributed by atoms with Crippen molar-refractivity contribution in [2.45, 2.75) is 84.5 Å². The van der Waals surface area contributed by atoms with Gasteiger partial charge in [0.25, 0.3) is 0 Å². The molecule has 0 radical (unpaired) electrons. The van der Waals surface area contributed by atoms with Crippen molar-refractivity contribution in [2.24, 2.45) is 0 Å². The third-order valence-electron chi connectivity index (χ3n) is 4.52. The van der Waals surface area contributed by atoms with Crippen molar-refractivity contribution in [1.29, 1.82) is 0 Å². The number of amides is 1. The maximum Gasteiger partial charge on any atom is 0.335 e. The second kappa shape index (κ2) is 13.5. The number of carbonyl (C=O) groups is 6. The van der Waals surface area contributed by atoms with E-state index in [1.165, 1.54) is 6.92 Å². The number of hydrogen-bond donors (Lipinski definition) is 1. The van der Waals surface area contributed by atoms with Gasteiger partial charge in [-0.2, -0.15) is 0 Å². The molecule has 1 N–H and O–H groups in total. The molecule has 13 nitrogen and oxygen atoms in total. The van der Waals surface area contributed by atoms with Crippen LogP contribution in [0.1, 0.15) is 48.0 Å². The molecule has 1 heterocycles. The van der Waals surface area contributed by atoms with Gasteiger partial charge in [0.05, 0.1) is 12.6 Å². The SMILES string of the molecule is CCOC(=O)[C@@H]1C[C@@H](OC(C)=O)[C@@H](NC(C)=O)[C@H]([C@@H](OC(C)=O)[C@@H](COC(C)=O)OC(C)=O)O1. The normalized spacial score (nSPS) is 23.5. The molecule has 0 spiro atoms. The van der Waals surface area contributed by atoms with E-state index in [2.05, 4.69) is 5.32 Å². The lowest BCUT2D eigenvalue weighted by Crippen LogP contribution is -2.65. The number of hydrogen-bond acceptors (Lipinski definition) is 12. The number of carbonyl (C=O) groups excluding carboxylic acids is 6. The van der Waals surface area contributed by atoms with Crippen LogP contribution in [0.5, 0.6) is 0 Å². The largest absolute Gasteiger partial charge is 0.464 e. The van der Waals surface area contributed by atoms with Gasteiger partial charge in [-0.1, -0.05) is 0 Å². The summed E-state index contributed by atoms with van der Waals surface area (Å²) in [5.74, 6) is -4.35. The predicted molar refractivity (Wildman–Crippen MR) is 111 cm³/mol. The van der Waals surface area contributed by atoms with Crippen LogP contribution in [0.2, 0.25) is 0 Å². The topological polar surface area (TPSA) is 170 Å². The Morgan fingerprint density at radius 3 is 1.97 bits per heavy atom. The summed E-state index contributed by atoms with van der Waals surface area (Å²) in [6.45, 7) is 6.71. The summed E-state index contributed by atoms with van der Waals surface area (Å²) in [5.41, 5.74) is 0. The van der Waals surface area contributed by atoms with Crippen LogP contribution in [0.3, 0.4) is 0 Å². The molecular formula is C21H31NO12. The molecule has 0 saturated carbocycles. The zero-order chi connectivity index (χ0) is 26.0. The average molecular weight is 489 g/mol. The minimum Gasteiger partial charge on any atom is -0.464 e. The van der Waals surface area contributed by atoms with Gasteiger partial charge in [0.1, 0.15) is 18.8 Å². The number of rotatable bonds is 10. The van der Waals surface area contributed by atoms with E-state index in [1.54, 1.807) is 6.92 Å². The smallest absolute Gasteiger partial charge is 0.335 e. The van der Waals surface area contributed by atoms with Crippen molar-refractivity contribution in [2.75, 3.05) is 13.2 Å². The molecule has 0 bridgehead atoms. The van der Waals surface area contributed by atoms with Gasteiger partial charge in [-0.05, 0) is 6.92 Å². The third kappa shape index (κ3) is 9.33. The molecule has 192 valence electrons. The van der Waals surface area contributed by atoms with Crippen LogP contribution in [0, 0.1) is 0 Å². The monoisotopic (exact) mass is 489 g/mol. The standard InChI is InChI=1S/C21H31NO12/c1-7-29-21(28)16-8-15(31-12(4)25)18(22-10(2)23)20(34-16)19(33-14(6)27)17(32-13(5)26)9-30-11(3)24/h15-20H,7-9H2,1-6H3,(H,22,23)/t15-,16+,17-,18-,19+,20-/m1/s1. The zero-order valence-electron chi connectivity index (χ0n) is 20.0. The predicted octanol–water partition coefficient (Wildman–Crippen LogP) is -0.430. The number of ether oxygens (including phenoxy) is 6. The maximum atomic E-state index is 12.5. The van der Waals surface area contributed by atoms with E-state index in [1.807, 2.05) is 0 Å². The van der Waals surface area contributed by atoms with E-state index in [-0.39, 0.29) is 13.0 Å². The molecule has 0 unspecified atom stereocenters. The van der Waals surface area contributed by atoms with Crippen LogP contribution >= 0.6 is 0 Å². The first-order valence-corrected chi connectivity index (χ1v) is 10.6. The van der Waals surface area contributed by atoms with Crippen LogP contribution in [0.25, 0.3) is 0 Å². The van der Waals surface area contributed by atoms with Gasteiger partial charge in [0.2, 0.25) is 5.91 Å². The van der Waals surface area contributed by atoms with Gasteiger partial charge >= 0.3 is 29.8 Å². The Bertz CT molecular complexity index is 782. The highest BCUT2D eigenvalue weighted by molar-refractivity contribution is 5.76. The molecule has 13 heteroatoms. The molecule has 1 saturated heterocycles. The molecule has 1 aliphatic rings. The Morgan fingerprint density at radius 2 is 1.50 bits per heavy atom. The molecule has 1 rings (SSSR count). The summed E-state index contributed by atoms with van der Waals surface area (Å²) in [4.78, 5) is 71.2. The van der Waals surface area contributed by atoms with Crippen molar-refractivity contribution in [3.05, 3.63) is 0 Å². The molecule has 1 amide bonds. The minimum absolute atomic E-state index is 0.0343. The van der Waals surface area contributed by atoms with Gasteiger partial charge in [0.15, 0.2) is 18.3 Å². The fourth-order valence-electron chi connectivity index (χ4n) is 3.47. The second-order valence-corrected chi connectivity index (χ2v) is 7.48. The van der Waals surface area contributed by atoms with E-state index >= 15 is 0 Å². The van der Waals surface area contributed by atoms with E-state index in [0.29, 0.717) is 0 Å². The van der Waals surface area contributed by atoms with Gasteiger partial charge < -0.3 is 33.7 Å². The highest BCUT2D eigenvalue weighted by atomic mass is 16.6. The fourth-order valence-corrected chi connectivity index (χ4v) is 3.47. The molecule has 6 atom stereocenters. The fraction of sp³-hybridized carbons (Fsp3) is 0.714. The highest BCUT2D eigenvalue weighted by Crippen LogP contribution is 2.29. The first kappa shape index (κ1) is 28.8. The van der Waals surface area contributed by atoms with E-state index in [0.717, 1.165) is 27.7 Å². The molecule has 0 aromatic heterocycles. The van der Waals surface area contributed by atoms with Gasteiger partial charge in [-0.15, -0.1) is 0 Å². The van der Waals surface area contributed by atoms with Crippen LogP contribution in [-0.2, 0) is 57.2 Å². The molecule has 1 aliphatic heterocycles. The minimum atomic E-state index is -1.48. The Hall–Kier alpha value is -3.22. The van der Waals surface area contributed by atoms with Crippen LogP contribution < -0.4 is 5.32 Å². The molecule has 0 aromatic carbocycles. The van der Waals surface area contributed by atoms with Crippen molar-refractivity contribution in [3.63, 3.8) is 0 Å². The summed E-state index contributed by atoms with van der Waals surface area (Å²) in [6.07, 6.45) is -6.78. The van der Waals surface area contributed by atoms with Crippen LogP contribution in [-0.4, -0.2) is 85.5 Å². The van der Waals surface area contributed by atoms with Crippen molar-refractivity contribution < 1.29 is 57.2 Å². The van der Waals surface area contributed by atoms with Crippen LogP contribution in [0.4, 0.5) is 0 Å². The highest BCUT2D eigenvalue weighted by Gasteiger charge is 2.51. The summed E-state index contributed by atoms with van der Waals surface area (Å²) < 4.78 is 31.7. The Morgan fingerprint density at radius 1 is 0.882 bits per heavy atom. The van der Waals surface area contributed by atoms with E-state index < -0.39 is 78.9 Å². The number of esters is 5. The Labute approximate surface area is 196 Å². The summed E-state index contributed by atoms with van der Waals surface area (Å²) >= 11 is 0. The van der Waals surface area contributed by atoms with Crippen LogP contribution in [0.15, 0.2) is 0 Å². The molecule has 1 fully saturated rings. The van der Waals surface area contributed by atoms with Gasteiger partial charge in [-0.3, -0.25) is 24.0 Å². The summed E-state index contributed by atoms with van der Waals surface area (Å²) in [6, 6.07) is -1.13. The lowest BCUT2D eigenvalue weighted by molar-refractivity contribution is -0.218. The van der Waals surface area contributed by atoms with E-state index in [4.69, 9.17) is 28.4 Å². The van der Waals surface area contributed by atoms with E-state index in [9.17, 15) is 28.8 Å². The Kier molecular flexibility index (Phi) is 11.4. The number of nitrogens with one attached hydrogen (secondary N) is 1. The summed E-state index contributed by atoms with van der Waals surface area (Å²) in [5, 5.41) is 2.57. The molecule has 34 heavy (non-hydrogen) atoms. The average Bonchev–Trinajstić information content (AvgIpc) is 2.69. The molecule has 0 aromatic rings. The van der Waals surface area contributed by atoms with Crippen molar-refractivity contribution in [1.82, 2.24) is 5.32 Å². The zero-order valence-corrected chi connectivity index (χ0v) is 20.0. The second-order valence-electron chi connectivity index (χ2n) is 7.48. The van der Waals surface area contributed by atoms with Gasteiger partial charge in [-0.25, -0.2) is 4.79 Å². The lowest BCUT2D eigenvalue weighted by Gasteiger charge is -2.44. The first-order chi connectivity index (χ1) is 15.8. The summed E-state index contributed by atoms with van der Waals surface area (Å²) in [7, 11) is 0. The molecular weight excluding hydrogens is 458 g/mol. The van der Waals surface area contributed by atoms with Gasteiger partial charge in [0, 0.05) is 41.0 Å². The van der Waals surface area contributed by atoms with Crippen molar-refractivity contribution >= 4 is 35.8 Å². The third-order valence-corrected chi connectivity index (χ3v) is 4.52. The first-order valence-electron chi connectivity index (χ1n) is 10.6. The molecule has 0 aliphatic carbocycles. The van der Waals surface area contributed by atoms with Crippen molar-refractivity contribution in [3.8, 4) is 0 Å². The maximum absolute atomic E-state index is 12.5. The quantitative estimate of drug-likeness (QED) is 0.311.